The number of carbonyl (C=O) groups is 1. The maximum atomic E-state index is 12.7. The zero-order valence-electron chi connectivity index (χ0n) is 15.0. The number of nitrogens with one attached hydrogen (secondary N) is 1. The highest BCUT2D eigenvalue weighted by atomic mass is 35.5. The predicted molar refractivity (Wildman–Crippen MR) is 105 cm³/mol. The summed E-state index contributed by atoms with van der Waals surface area (Å²) in [5.74, 6) is 0.130. The highest BCUT2D eigenvalue weighted by Gasteiger charge is 2.29. The third kappa shape index (κ3) is 4.47. The molecule has 0 aliphatic heterocycles. The van der Waals surface area contributed by atoms with Gasteiger partial charge in [0.25, 0.3) is 0 Å². The van der Waals surface area contributed by atoms with E-state index in [0.717, 1.165) is 10.6 Å². The fourth-order valence-corrected chi connectivity index (χ4v) is 3.87. The van der Waals surface area contributed by atoms with Crippen LogP contribution in [0.3, 0.4) is 0 Å². The van der Waals surface area contributed by atoms with Crippen molar-refractivity contribution in [2.45, 2.75) is 19.9 Å². The molecule has 0 fully saturated rings. The Morgan fingerprint density at radius 3 is 2.35 bits per heavy atom. The highest BCUT2D eigenvalue weighted by Crippen LogP contribution is 2.26. The summed E-state index contributed by atoms with van der Waals surface area (Å²) >= 11 is 6.07. The van der Waals surface area contributed by atoms with Crippen LogP contribution in [0.25, 0.3) is 0 Å². The number of anilines is 2. The van der Waals surface area contributed by atoms with Crippen LogP contribution in [-0.2, 0) is 14.8 Å². The van der Waals surface area contributed by atoms with Gasteiger partial charge in [-0.05, 0) is 55.8 Å². The lowest BCUT2D eigenvalue weighted by Gasteiger charge is -2.28. The van der Waals surface area contributed by atoms with E-state index in [4.69, 9.17) is 16.3 Å². The fourth-order valence-electron chi connectivity index (χ4n) is 2.52. The molecule has 2 aromatic rings. The van der Waals surface area contributed by atoms with Gasteiger partial charge in [-0.3, -0.25) is 9.10 Å². The second-order valence-corrected chi connectivity index (χ2v) is 8.10. The van der Waals surface area contributed by atoms with E-state index in [1.807, 2.05) is 0 Å². The van der Waals surface area contributed by atoms with E-state index < -0.39 is 22.0 Å². The number of nitrogens with zero attached hydrogens (tertiary/aromatic N) is 1. The summed E-state index contributed by atoms with van der Waals surface area (Å²) in [6, 6.07) is 10.6. The van der Waals surface area contributed by atoms with E-state index in [-0.39, 0.29) is 0 Å². The minimum absolute atomic E-state index is 0.374. The van der Waals surface area contributed by atoms with E-state index in [0.29, 0.717) is 27.7 Å². The molecule has 0 aliphatic rings. The SMILES string of the molecule is COc1ccc(N([C@H](C)C(=O)Nc2cccc(Cl)c2C)S(C)(=O)=O)cc1. The molecule has 0 aromatic heterocycles. The number of methoxy groups -OCH3 is 1. The van der Waals surface area contributed by atoms with Gasteiger partial charge in [-0.15, -0.1) is 0 Å². The van der Waals surface area contributed by atoms with E-state index in [1.165, 1.54) is 14.0 Å². The molecule has 0 bridgehead atoms. The minimum atomic E-state index is -3.69. The smallest absolute Gasteiger partial charge is 0.248 e. The van der Waals surface area contributed by atoms with Crippen LogP contribution in [0.1, 0.15) is 12.5 Å². The van der Waals surface area contributed by atoms with E-state index in [1.54, 1.807) is 49.4 Å². The summed E-state index contributed by atoms with van der Waals surface area (Å²) in [5, 5.41) is 3.26. The Morgan fingerprint density at radius 1 is 1.19 bits per heavy atom. The third-order valence-electron chi connectivity index (χ3n) is 3.94. The maximum Gasteiger partial charge on any atom is 0.248 e. The normalized spacial score (nSPS) is 12.3. The second kappa shape index (κ2) is 7.97. The highest BCUT2D eigenvalue weighted by molar-refractivity contribution is 7.92. The van der Waals surface area contributed by atoms with Crippen molar-refractivity contribution >= 4 is 38.9 Å². The van der Waals surface area contributed by atoms with Gasteiger partial charge in [0.2, 0.25) is 15.9 Å². The van der Waals surface area contributed by atoms with Crippen LogP contribution in [0, 0.1) is 6.92 Å². The van der Waals surface area contributed by atoms with Crippen molar-refractivity contribution in [3.05, 3.63) is 53.1 Å². The molecular formula is C18H21ClN2O4S. The van der Waals surface area contributed by atoms with Gasteiger partial charge in [-0.1, -0.05) is 17.7 Å². The van der Waals surface area contributed by atoms with Gasteiger partial charge in [0.15, 0.2) is 0 Å². The van der Waals surface area contributed by atoms with Crippen molar-refractivity contribution < 1.29 is 17.9 Å². The monoisotopic (exact) mass is 396 g/mol. The Hall–Kier alpha value is -2.25. The van der Waals surface area contributed by atoms with Crippen LogP contribution in [0.2, 0.25) is 5.02 Å². The molecule has 26 heavy (non-hydrogen) atoms. The number of carbonyl (C=O) groups excluding carboxylic acids is 1. The quantitative estimate of drug-likeness (QED) is 0.811. The summed E-state index contributed by atoms with van der Waals surface area (Å²) in [6.07, 6.45) is 1.06. The fraction of sp³-hybridized carbons (Fsp3) is 0.278. The lowest BCUT2D eigenvalue weighted by atomic mass is 10.2. The molecule has 8 heteroatoms. The summed E-state index contributed by atoms with van der Waals surface area (Å²) < 4.78 is 30.8. The zero-order valence-corrected chi connectivity index (χ0v) is 16.6. The second-order valence-electron chi connectivity index (χ2n) is 5.83. The number of hydrogen-bond acceptors (Lipinski definition) is 4. The molecule has 0 aliphatic carbocycles. The average molecular weight is 397 g/mol. The molecule has 1 N–H and O–H groups in total. The molecule has 2 rings (SSSR count). The number of sulfonamides is 1. The zero-order chi connectivity index (χ0) is 19.5. The van der Waals surface area contributed by atoms with Crippen LogP contribution >= 0.6 is 11.6 Å². The summed E-state index contributed by atoms with van der Waals surface area (Å²) in [4.78, 5) is 12.7. The van der Waals surface area contributed by atoms with E-state index in [9.17, 15) is 13.2 Å². The van der Waals surface area contributed by atoms with Crippen molar-refractivity contribution in [3.8, 4) is 5.75 Å². The summed E-state index contributed by atoms with van der Waals surface area (Å²) in [7, 11) is -2.17. The molecule has 1 amide bonds. The van der Waals surface area contributed by atoms with Crippen molar-refractivity contribution in [2.75, 3.05) is 23.0 Å². The number of halogens is 1. The van der Waals surface area contributed by atoms with E-state index >= 15 is 0 Å². The molecule has 2 aromatic carbocycles. The Bertz CT molecular complexity index is 898. The molecule has 140 valence electrons. The first kappa shape index (κ1) is 20.1. The van der Waals surface area contributed by atoms with Crippen molar-refractivity contribution in [3.63, 3.8) is 0 Å². The molecule has 0 spiro atoms. The lowest BCUT2D eigenvalue weighted by Crippen LogP contribution is -2.45. The molecular weight excluding hydrogens is 376 g/mol. The van der Waals surface area contributed by atoms with Crippen LogP contribution < -0.4 is 14.4 Å². The number of benzene rings is 2. The van der Waals surface area contributed by atoms with Gasteiger partial charge in [0, 0.05) is 10.7 Å². The Balaban J connectivity index is 2.32. The van der Waals surface area contributed by atoms with Gasteiger partial charge >= 0.3 is 0 Å². The molecule has 1 atom stereocenters. The molecule has 0 saturated carbocycles. The Kier molecular flexibility index (Phi) is 6.15. The summed E-state index contributed by atoms with van der Waals surface area (Å²) in [5.41, 5.74) is 1.63. The summed E-state index contributed by atoms with van der Waals surface area (Å²) in [6.45, 7) is 3.31. The van der Waals surface area contributed by atoms with Crippen LogP contribution in [0.15, 0.2) is 42.5 Å². The third-order valence-corrected chi connectivity index (χ3v) is 5.59. The molecule has 0 heterocycles. The first-order chi connectivity index (χ1) is 12.1. The predicted octanol–water partition coefficient (Wildman–Crippen LogP) is 3.45. The largest absolute Gasteiger partial charge is 0.497 e. The lowest BCUT2D eigenvalue weighted by molar-refractivity contribution is -0.116. The standard InChI is InChI=1S/C18H21ClN2O4S/c1-12-16(19)6-5-7-17(12)20-18(22)13(2)21(26(4,23)24)14-8-10-15(25-3)11-9-14/h5-11,13H,1-4H3,(H,20,22)/t13-/m1/s1. The average Bonchev–Trinajstić information content (AvgIpc) is 2.58. The first-order valence-corrected chi connectivity index (χ1v) is 10.1. The number of rotatable bonds is 6. The Morgan fingerprint density at radius 2 is 1.81 bits per heavy atom. The van der Waals surface area contributed by atoms with Crippen molar-refractivity contribution in [1.29, 1.82) is 0 Å². The van der Waals surface area contributed by atoms with Crippen LogP contribution in [0.4, 0.5) is 11.4 Å². The topological polar surface area (TPSA) is 75.7 Å². The van der Waals surface area contributed by atoms with Crippen molar-refractivity contribution in [1.82, 2.24) is 0 Å². The number of ether oxygens (including phenoxy) is 1. The molecule has 0 saturated heterocycles. The number of amides is 1. The van der Waals surface area contributed by atoms with E-state index in [2.05, 4.69) is 5.32 Å². The molecule has 0 radical (unpaired) electrons. The molecule has 6 nitrogen and oxygen atoms in total. The first-order valence-electron chi connectivity index (χ1n) is 7.84. The minimum Gasteiger partial charge on any atom is -0.497 e. The van der Waals surface area contributed by atoms with Crippen LogP contribution in [0.5, 0.6) is 5.75 Å². The van der Waals surface area contributed by atoms with Crippen LogP contribution in [-0.4, -0.2) is 33.7 Å². The van der Waals surface area contributed by atoms with Gasteiger partial charge in [0.05, 0.1) is 19.1 Å². The van der Waals surface area contributed by atoms with Gasteiger partial charge in [0.1, 0.15) is 11.8 Å². The van der Waals surface area contributed by atoms with Gasteiger partial charge < -0.3 is 10.1 Å². The van der Waals surface area contributed by atoms with Crippen molar-refractivity contribution in [2.24, 2.45) is 0 Å². The maximum absolute atomic E-state index is 12.7. The van der Waals surface area contributed by atoms with Gasteiger partial charge in [-0.2, -0.15) is 0 Å². The Labute approximate surface area is 158 Å². The number of hydrogen-bond donors (Lipinski definition) is 1. The van der Waals surface area contributed by atoms with Gasteiger partial charge in [-0.25, -0.2) is 8.42 Å². The molecule has 0 unspecified atom stereocenters.